The highest BCUT2D eigenvalue weighted by Gasteiger charge is 2.30. The van der Waals surface area contributed by atoms with Gasteiger partial charge in [-0.1, -0.05) is 0 Å². The van der Waals surface area contributed by atoms with E-state index in [1.165, 1.54) is 25.5 Å². The molecule has 0 amide bonds. The lowest BCUT2D eigenvalue weighted by Crippen LogP contribution is -2.46. The van der Waals surface area contributed by atoms with Gasteiger partial charge >= 0.3 is 0 Å². The minimum absolute atomic E-state index is 0.276. The van der Waals surface area contributed by atoms with Crippen molar-refractivity contribution >= 4 is 5.69 Å². The van der Waals surface area contributed by atoms with Crippen LogP contribution in [0.3, 0.4) is 0 Å². The molecule has 1 atom stereocenters. The van der Waals surface area contributed by atoms with Gasteiger partial charge in [0, 0.05) is 25.2 Å². The molecule has 0 aliphatic carbocycles. The Labute approximate surface area is 126 Å². The first-order chi connectivity index (χ1) is 10.2. The SMILES string of the molecule is CC1CCCN1C1CCN(c2ccc(C#N)cc2F)CC1. The van der Waals surface area contributed by atoms with Crippen LogP contribution >= 0.6 is 0 Å². The van der Waals surface area contributed by atoms with Crippen molar-refractivity contribution in [2.75, 3.05) is 24.5 Å². The van der Waals surface area contributed by atoms with Crippen LogP contribution in [0.2, 0.25) is 0 Å². The molecule has 2 aliphatic rings. The molecule has 0 aromatic heterocycles. The Balaban J connectivity index is 1.64. The molecule has 21 heavy (non-hydrogen) atoms. The zero-order chi connectivity index (χ0) is 14.8. The van der Waals surface area contributed by atoms with Gasteiger partial charge in [-0.05, 0) is 57.4 Å². The quantitative estimate of drug-likeness (QED) is 0.837. The first kappa shape index (κ1) is 14.3. The molecule has 4 heteroatoms. The van der Waals surface area contributed by atoms with E-state index in [0.717, 1.165) is 25.9 Å². The summed E-state index contributed by atoms with van der Waals surface area (Å²) in [5.74, 6) is -0.276. The third-order valence-electron chi connectivity index (χ3n) is 4.96. The van der Waals surface area contributed by atoms with E-state index < -0.39 is 0 Å². The third-order valence-corrected chi connectivity index (χ3v) is 4.96. The molecule has 0 bridgehead atoms. The average molecular weight is 287 g/mol. The summed E-state index contributed by atoms with van der Waals surface area (Å²) in [5, 5.41) is 8.81. The van der Waals surface area contributed by atoms with E-state index in [4.69, 9.17) is 5.26 Å². The number of anilines is 1. The molecule has 1 aromatic carbocycles. The Morgan fingerprint density at radius 3 is 2.52 bits per heavy atom. The number of nitriles is 1. The maximum atomic E-state index is 14.1. The zero-order valence-electron chi connectivity index (χ0n) is 12.6. The highest BCUT2D eigenvalue weighted by molar-refractivity contribution is 5.51. The molecule has 3 rings (SSSR count). The molecule has 0 radical (unpaired) electrons. The second-order valence-corrected chi connectivity index (χ2v) is 6.23. The van der Waals surface area contributed by atoms with E-state index in [9.17, 15) is 4.39 Å². The van der Waals surface area contributed by atoms with Crippen LogP contribution in [0.5, 0.6) is 0 Å². The van der Waals surface area contributed by atoms with Crippen LogP contribution in [0.15, 0.2) is 18.2 Å². The van der Waals surface area contributed by atoms with E-state index in [1.54, 1.807) is 12.1 Å². The van der Waals surface area contributed by atoms with Gasteiger partial charge in [0.15, 0.2) is 0 Å². The number of likely N-dealkylation sites (tertiary alicyclic amines) is 1. The van der Waals surface area contributed by atoms with Gasteiger partial charge in [-0.2, -0.15) is 5.26 Å². The van der Waals surface area contributed by atoms with Gasteiger partial charge in [-0.15, -0.1) is 0 Å². The van der Waals surface area contributed by atoms with Gasteiger partial charge in [0.1, 0.15) is 5.82 Å². The fourth-order valence-electron chi connectivity index (χ4n) is 3.77. The summed E-state index contributed by atoms with van der Waals surface area (Å²) in [6.07, 6.45) is 4.82. The smallest absolute Gasteiger partial charge is 0.147 e. The van der Waals surface area contributed by atoms with Crippen molar-refractivity contribution < 1.29 is 4.39 Å². The first-order valence-corrected chi connectivity index (χ1v) is 7.89. The van der Waals surface area contributed by atoms with Crippen LogP contribution in [0.25, 0.3) is 0 Å². The van der Waals surface area contributed by atoms with Crippen LogP contribution in [-0.2, 0) is 0 Å². The van der Waals surface area contributed by atoms with Crippen molar-refractivity contribution in [2.45, 2.75) is 44.7 Å². The van der Waals surface area contributed by atoms with Crippen molar-refractivity contribution in [3.63, 3.8) is 0 Å². The van der Waals surface area contributed by atoms with Crippen LogP contribution in [-0.4, -0.2) is 36.6 Å². The third kappa shape index (κ3) is 2.89. The molecular formula is C17H22FN3. The monoisotopic (exact) mass is 287 g/mol. The summed E-state index contributed by atoms with van der Waals surface area (Å²) < 4.78 is 14.1. The Kier molecular flexibility index (Phi) is 4.12. The zero-order valence-corrected chi connectivity index (χ0v) is 12.6. The summed E-state index contributed by atoms with van der Waals surface area (Å²) in [7, 11) is 0. The standard InChI is InChI=1S/C17H22FN3/c1-13-3-2-8-21(13)15-6-9-20(10-7-15)17-5-4-14(12-19)11-16(17)18/h4-5,11,13,15H,2-3,6-10H2,1H3. The second-order valence-electron chi connectivity index (χ2n) is 6.23. The molecule has 0 N–H and O–H groups in total. The van der Waals surface area contributed by atoms with Gasteiger partial charge in [-0.3, -0.25) is 4.90 Å². The topological polar surface area (TPSA) is 30.3 Å². The minimum atomic E-state index is -0.276. The van der Waals surface area contributed by atoms with E-state index in [2.05, 4.69) is 16.7 Å². The molecular weight excluding hydrogens is 265 g/mol. The molecule has 2 heterocycles. The molecule has 2 aliphatic heterocycles. The van der Waals surface area contributed by atoms with Crippen molar-refractivity contribution in [3.8, 4) is 6.07 Å². The molecule has 2 fully saturated rings. The fourth-order valence-corrected chi connectivity index (χ4v) is 3.77. The van der Waals surface area contributed by atoms with Crippen LogP contribution < -0.4 is 4.90 Å². The van der Waals surface area contributed by atoms with E-state index >= 15 is 0 Å². The number of hydrogen-bond acceptors (Lipinski definition) is 3. The predicted molar refractivity (Wildman–Crippen MR) is 81.8 cm³/mol. The summed E-state index contributed by atoms with van der Waals surface area (Å²) >= 11 is 0. The Hall–Kier alpha value is -1.60. The number of halogens is 1. The largest absolute Gasteiger partial charge is 0.369 e. The number of rotatable bonds is 2. The normalized spacial score (nSPS) is 24.2. The highest BCUT2D eigenvalue weighted by Crippen LogP contribution is 2.29. The Bertz CT molecular complexity index is 543. The van der Waals surface area contributed by atoms with Gasteiger partial charge in [0.2, 0.25) is 0 Å². The molecule has 3 nitrogen and oxygen atoms in total. The van der Waals surface area contributed by atoms with Gasteiger partial charge < -0.3 is 4.90 Å². The van der Waals surface area contributed by atoms with Crippen LogP contribution in [0, 0.1) is 17.1 Å². The lowest BCUT2D eigenvalue weighted by molar-refractivity contribution is 0.163. The van der Waals surface area contributed by atoms with Crippen molar-refractivity contribution in [2.24, 2.45) is 0 Å². The lowest BCUT2D eigenvalue weighted by atomic mass is 10.0. The minimum Gasteiger partial charge on any atom is -0.369 e. The Morgan fingerprint density at radius 2 is 1.95 bits per heavy atom. The lowest BCUT2D eigenvalue weighted by Gasteiger charge is -2.39. The number of piperidine rings is 1. The predicted octanol–water partition coefficient (Wildman–Crippen LogP) is 3.15. The van der Waals surface area contributed by atoms with Gasteiger partial charge in [-0.25, -0.2) is 4.39 Å². The second kappa shape index (κ2) is 6.03. The summed E-state index contributed by atoms with van der Waals surface area (Å²) in [6, 6.07) is 8.12. The fraction of sp³-hybridized carbons (Fsp3) is 0.588. The highest BCUT2D eigenvalue weighted by atomic mass is 19.1. The van der Waals surface area contributed by atoms with Crippen molar-refractivity contribution in [1.29, 1.82) is 5.26 Å². The van der Waals surface area contributed by atoms with E-state index in [0.29, 0.717) is 23.3 Å². The van der Waals surface area contributed by atoms with E-state index in [1.807, 2.05) is 6.07 Å². The molecule has 0 saturated carbocycles. The van der Waals surface area contributed by atoms with Gasteiger partial charge in [0.25, 0.3) is 0 Å². The summed E-state index contributed by atoms with van der Waals surface area (Å²) in [6.45, 7) is 5.34. The molecule has 2 saturated heterocycles. The molecule has 112 valence electrons. The molecule has 1 aromatic rings. The summed E-state index contributed by atoms with van der Waals surface area (Å²) in [5.41, 5.74) is 1.03. The Morgan fingerprint density at radius 1 is 1.19 bits per heavy atom. The first-order valence-electron chi connectivity index (χ1n) is 7.89. The number of hydrogen-bond donors (Lipinski definition) is 0. The molecule has 0 spiro atoms. The maximum Gasteiger partial charge on any atom is 0.147 e. The van der Waals surface area contributed by atoms with Crippen LogP contribution in [0.1, 0.15) is 38.2 Å². The summed E-state index contributed by atoms with van der Waals surface area (Å²) in [4.78, 5) is 4.75. The van der Waals surface area contributed by atoms with Crippen LogP contribution in [0.4, 0.5) is 10.1 Å². The van der Waals surface area contributed by atoms with E-state index in [-0.39, 0.29) is 5.82 Å². The average Bonchev–Trinajstić information content (AvgIpc) is 2.93. The molecule has 1 unspecified atom stereocenters. The maximum absolute atomic E-state index is 14.1. The van der Waals surface area contributed by atoms with Gasteiger partial charge in [0.05, 0.1) is 17.3 Å². The number of benzene rings is 1. The number of nitrogens with zero attached hydrogens (tertiary/aromatic N) is 3. The van der Waals surface area contributed by atoms with Crippen molar-refractivity contribution in [3.05, 3.63) is 29.6 Å². The van der Waals surface area contributed by atoms with Crippen molar-refractivity contribution in [1.82, 2.24) is 4.90 Å².